The molecule has 0 atom stereocenters. The van der Waals surface area contributed by atoms with Crippen LogP contribution in [0.15, 0.2) is 182 Å². The van der Waals surface area contributed by atoms with Crippen LogP contribution in [0.5, 0.6) is 0 Å². The maximum absolute atomic E-state index is 2.66. The zero-order valence-electron chi connectivity index (χ0n) is 36.9. The van der Waals surface area contributed by atoms with Crippen molar-refractivity contribution in [1.82, 2.24) is 0 Å². The molecule has 0 aliphatic carbocycles. The summed E-state index contributed by atoms with van der Waals surface area (Å²) in [5.74, 6) is 0. The van der Waals surface area contributed by atoms with Gasteiger partial charge in [0.15, 0.2) is 0 Å². The summed E-state index contributed by atoms with van der Waals surface area (Å²) in [5, 5.41) is 10.3. The normalized spacial score (nSPS) is 14.1. The third kappa shape index (κ3) is 10.3. The predicted molar refractivity (Wildman–Crippen MR) is 280 cm³/mol. The van der Waals surface area contributed by atoms with Gasteiger partial charge in [0.1, 0.15) is 0 Å². The van der Waals surface area contributed by atoms with E-state index >= 15 is 0 Å². The van der Waals surface area contributed by atoms with Crippen molar-refractivity contribution in [2.24, 2.45) is 0 Å². The van der Waals surface area contributed by atoms with Gasteiger partial charge in [-0.2, -0.15) is 0 Å². The molecular formula is C51H72P3RhSi3. The van der Waals surface area contributed by atoms with Crippen molar-refractivity contribution in [2.75, 3.05) is 18.5 Å². The summed E-state index contributed by atoms with van der Waals surface area (Å²) >= 11 is -1.96. The van der Waals surface area contributed by atoms with E-state index in [0.29, 0.717) is 0 Å². The molecule has 7 heteroatoms. The first kappa shape index (κ1) is 45.4. The van der Waals surface area contributed by atoms with Crippen LogP contribution in [0.25, 0.3) is 0 Å². The Kier molecular flexibility index (Phi) is 15.1. The van der Waals surface area contributed by atoms with E-state index in [1.165, 1.54) is 36.6 Å². The van der Waals surface area contributed by atoms with Crippen molar-refractivity contribution < 1.29 is 14.5 Å². The summed E-state index contributed by atoms with van der Waals surface area (Å²) in [6.07, 6.45) is 4.02. The number of benzene rings is 6. The van der Waals surface area contributed by atoms with Crippen LogP contribution in [0.2, 0.25) is 77.1 Å². The van der Waals surface area contributed by atoms with Gasteiger partial charge < -0.3 is 0 Å². The van der Waals surface area contributed by atoms with E-state index in [1.54, 1.807) is 31.8 Å². The van der Waals surface area contributed by atoms with Crippen LogP contribution in [0.1, 0.15) is 0 Å². The summed E-state index contributed by atoms with van der Waals surface area (Å²) < 4.78 is 0. The van der Waals surface area contributed by atoms with Gasteiger partial charge in [0.05, 0.1) is 0 Å². The van der Waals surface area contributed by atoms with Crippen LogP contribution in [0, 0.1) is 0 Å². The van der Waals surface area contributed by atoms with Crippen molar-refractivity contribution in [3.8, 4) is 0 Å². The average Bonchev–Trinajstić information content (AvgIpc) is 3.22. The first-order valence-corrected chi connectivity index (χ1v) is 46.2. The zero-order chi connectivity index (χ0) is 41.5. The van der Waals surface area contributed by atoms with Crippen molar-refractivity contribution in [2.45, 2.75) is 77.1 Å². The molecule has 312 valence electrons. The third-order valence-electron chi connectivity index (χ3n) is 11.8. The van der Waals surface area contributed by atoms with Crippen molar-refractivity contribution in [3.63, 3.8) is 0 Å². The maximum atomic E-state index is 2.65. The first-order chi connectivity index (χ1) is 27.6. The van der Waals surface area contributed by atoms with Gasteiger partial charge in [-0.25, -0.2) is 0 Å². The predicted octanol–water partition coefficient (Wildman–Crippen LogP) is 12.6. The minimum atomic E-state index is -2.66. The Hall–Kier alpha value is -2.12. The van der Waals surface area contributed by atoms with E-state index in [1.807, 2.05) is 0 Å². The average molecular weight is 965 g/mol. The molecule has 0 unspecified atom stereocenters. The Morgan fingerprint density at radius 2 is 0.431 bits per heavy atom. The molecular weight excluding hydrogens is 893 g/mol. The fourth-order valence-corrected chi connectivity index (χ4v) is 120. The molecule has 6 aromatic rings. The molecule has 0 N–H and O–H groups in total. The SMILES string of the molecule is C[Si](C)(C)CC[PH](c1ccccc1)(c1ccccc1)[Rh]([PH](CC[Si](C)(C)C)(c1ccccc1)c1ccccc1)[PH](CC[Si](C)(C)C)(c1ccccc1)c1ccccc1. The van der Waals surface area contributed by atoms with Gasteiger partial charge in [-0.1, -0.05) is 0 Å². The van der Waals surface area contributed by atoms with Crippen molar-refractivity contribution >= 4 is 72.8 Å². The van der Waals surface area contributed by atoms with Gasteiger partial charge in [-0.3, -0.25) is 0 Å². The van der Waals surface area contributed by atoms with E-state index in [0.717, 1.165) is 0 Å². The first-order valence-electron chi connectivity index (χ1n) is 21.6. The molecule has 0 fully saturated rings. The van der Waals surface area contributed by atoms with E-state index in [2.05, 4.69) is 241 Å². The van der Waals surface area contributed by atoms with Gasteiger partial charge in [-0.05, 0) is 0 Å². The fourth-order valence-electron chi connectivity index (χ4n) is 8.72. The fraction of sp³-hybridized carbons (Fsp3) is 0.294. The Morgan fingerprint density at radius 3 is 0.569 bits per heavy atom. The molecule has 0 radical (unpaired) electrons. The molecule has 6 aromatic carbocycles. The van der Waals surface area contributed by atoms with E-state index < -0.39 is 55.5 Å². The number of hydrogen-bond acceptors (Lipinski definition) is 0. The Morgan fingerprint density at radius 1 is 0.276 bits per heavy atom. The van der Waals surface area contributed by atoms with E-state index in [4.69, 9.17) is 0 Å². The molecule has 0 saturated heterocycles. The van der Waals surface area contributed by atoms with Crippen LogP contribution in [0.4, 0.5) is 0 Å². The van der Waals surface area contributed by atoms with Crippen LogP contribution in [-0.4, -0.2) is 42.7 Å². The van der Waals surface area contributed by atoms with Gasteiger partial charge in [0.25, 0.3) is 0 Å². The molecule has 6 rings (SSSR count). The Balaban J connectivity index is 1.99. The van der Waals surface area contributed by atoms with Gasteiger partial charge in [-0.15, -0.1) is 0 Å². The Bertz CT molecular complexity index is 1770. The van der Waals surface area contributed by atoms with Crippen molar-refractivity contribution in [3.05, 3.63) is 182 Å². The second-order valence-electron chi connectivity index (χ2n) is 19.9. The molecule has 0 aromatic heterocycles. The number of hydrogen-bond donors (Lipinski definition) is 0. The summed E-state index contributed by atoms with van der Waals surface area (Å²) in [4.78, 5) is 0. The van der Waals surface area contributed by atoms with Crippen molar-refractivity contribution in [1.29, 1.82) is 0 Å². The third-order valence-corrected chi connectivity index (χ3v) is 85.4. The zero-order valence-corrected chi connectivity index (χ0v) is 44.5. The number of rotatable bonds is 18. The van der Waals surface area contributed by atoms with Gasteiger partial charge in [0, 0.05) is 0 Å². The summed E-state index contributed by atoms with van der Waals surface area (Å²) in [7, 11) is -4.53. The molecule has 0 spiro atoms. The second kappa shape index (κ2) is 19.3. The Labute approximate surface area is 362 Å². The van der Waals surface area contributed by atoms with Gasteiger partial charge in [0.2, 0.25) is 0 Å². The van der Waals surface area contributed by atoms with Gasteiger partial charge >= 0.3 is 365 Å². The van der Waals surface area contributed by atoms with Crippen LogP contribution >= 0.6 is 16.8 Å². The quantitative estimate of drug-likeness (QED) is 0.0595. The van der Waals surface area contributed by atoms with Crippen LogP contribution < -0.4 is 31.8 Å². The standard InChI is InChI=1S/3C17H23PSi.Rh/c3*1-19(2,3)15-14-18(16-10-6-4-7-11-16)17-12-8-5-9-13-17;/h3*4-13H,14-15H2,1-3H3;/q;;;-3/p+3. The molecule has 0 aliphatic rings. The minimum absolute atomic E-state index is 1.34. The molecule has 0 amide bonds. The van der Waals surface area contributed by atoms with E-state index in [-0.39, 0.29) is 0 Å². The molecule has 0 aliphatic heterocycles. The molecule has 0 bridgehead atoms. The molecule has 0 heterocycles. The second-order valence-corrected chi connectivity index (χ2v) is 72.0. The summed E-state index contributed by atoms with van der Waals surface area (Å²) in [6, 6.07) is 78.4. The molecule has 0 nitrogen and oxygen atoms in total. The molecule has 58 heavy (non-hydrogen) atoms. The van der Waals surface area contributed by atoms with Crippen LogP contribution in [-0.2, 0) is 14.5 Å². The van der Waals surface area contributed by atoms with E-state index in [9.17, 15) is 0 Å². The van der Waals surface area contributed by atoms with Crippen LogP contribution in [0.3, 0.4) is 0 Å². The summed E-state index contributed by atoms with van der Waals surface area (Å²) in [6.45, 7) is 23.8. The summed E-state index contributed by atoms with van der Waals surface area (Å²) in [5.41, 5.74) is -7.99. The molecule has 0 saturated carbocycles. The topological polar surface area (TPSA) is 0 Å². The monoisotopic (exact) mass is 964 g/mol.